The molecule has 2 fully saturated rings. The molecule has 1 saturated carbocycles. The second kappa shape index (κ2) is 10.7. The van der Waals surface area contributed by atoms with Gasteiger partial charge in [-0.25, -0.2) is 4.39 Å². The summed E-state index contributed by atoms with van der Waals surface area (Å²) in [5, 5.41) is 0. The molecule has 0 amide bonds. The molecule has 0 N–H and O–H groups in total. The Morgan fingerprint density at radius 3 is 2.19 bits per heavy atom. The topological polar surface area (TPSA) is 9.23 Å². The maximum atomic E-state index is 15.1. The van der Waals surface area contributed by atoms with E-state index < -0.39 is 27.0 Å². The summed E-state index contributed by atoms with van der Waals surface area (Å²) in [5.74, 6) is 0.399. The Bertz CT molecular complexity index is 692. The van der Waals surface area contributed by atoms with Gasteiger partial charge in [-0.1, -0.05) is 45.1 Å². The van der Waals surface area contributed by atoms with Crippen LogP contribution in [-0.4, -0.2) is 21.2 Å². The van der Waals surface area contributed by atoms with Crippen molar-refractivity contribution >= 4 is 8.41 Å². The van der Waals surface area contributed by atoms with Gasteiger partial charge in [0, 0.05) is 0 Å². The molecule has 2 aliphatic rings. The van der Waals surface area contributed by atoms with Crippen LogP contribution in [0.5, 0.6) is 5.75 Å². The third-order valence-corrected chi connectivity index (χ3v) is 11.0. The minimum absolute atomic E-state index is 0.231. The van der Waals surface area contributed by atoms with E-state index in [-0.39, 0.29) is 11.7 Å². The highest BCUT2D eigenvalue weighted by Gasteiger charge is 2.40. The van der Waals surface area contributed by atoms with Gasteiger partial charge in [-0.15, -0.1) is 0 Å². The highest BCUT2D eigenvalue weighted by molar-refractivity contribution is 6.73. The monoisotopic (exact) mass is 462 g/mol. The van der Waals surface area contributed by atoms with E-state index in [1.54, 1.807) is 6.07 Å². The van der Waals surface area contributed by atoms with E-state index in [9.17, 15) is 17.6 Å². The van der Waals surface area contributed by atoms with Crippen molar-refractivity contribution in [2.45, 2.75) is 94.9 Å². The van der Waals surface area contributed by atoms with Gasteiger partial charge in [-0.2, -0.15) is 13.2 Å². The molecule has 1 nitrogen and oxygen atoms in total. The van der Waals surface area contributed by atoms with Crippen molar-refractivity contribution in [2.75, 3.05) is 6.61 Å². The first-order valence-corrected chi connectivity index (χ1v) is 14.4. The lowest BCUT2D eigenvalue weighted by Gasteiger charge is -2.39. The Hall–Kier alpha value is -1.11. The zero-order chi connectivity index (χ0) is 22.5. The zero-order valence-electron chi connectivity index (χ0n) is 18.5. The smallest absolute Gasteiger partial charge is 0.422 e. The minimum atomic E-state index is -4.48. The van der Waals surface area contributed by atoms with Gasteiger partial charge in [-0.3, -0.25) is 0 Å². The predicted molar refractivity (Wildman–Crippen MR) is 116 cm³/mol. The largest absolute Gasteiger partial charge is 0.481 e. The lowest BCUT2D eigenvalue weighted by Crippen LogP contribution is -2.36. The van der Waals surface area contributed by atoms with Crippen LogP contribution in [0.1, 0.15) is 76.2 Å². The normalized spacial score (nSPS) is 29.7. The summed E-state index contributed by atoms with van der Waals surface area (Å²) in [5.41, 5.74) is 0.838. The molecular formula is C24H35F5OSi. The van der Waals surface area contributed by atoms with Gasteiger partial charge >= 0.3 is 6.18 Å². The summed E-state index contributed by atoms with van der Waals surface area (Å²) < 4.78 is 70.7. The summed E-state index contributed by atoms with van der Waals surface area (Å²) in [4.78, 5) is 0. The molecule has 1 aromatic carbocycles. The number of rotatable bonds is 8. The first-order chi connectivity index (χ1) is 14.7. The molecule has 31 heavy (non-hydrogen) atoms. The van der Waals surface area contributed by atoms with Crippen LogP contribution in [0.2, 0.25) is 18.1 Å². The van der Waals surface area contributed by atoms with E-state index >= 15 is 4.11 Å². The van der Waals surface area contributed by atoms with Crippen molar-refractivity contribution in [1.29, 1.82) is 0 Å². The molecular weight excluding hydrogens is 427 g/mol. The lowest BCUT2D eigenvalue weighted by atomic mass is 9.72. The summed E-state index contributed by atoms with van der Waals surface area (Å²) in [6, 6.07) is 6.83. The van der Waals surface area contributed by atoms with Crippen molar-refractivity contribution < 1.29 is 26.4 Å². The van der Waals surface area contributed by atoms with E-state index in [2.05, 4.69) is 11.7 Å². The third kappa shape index (κ3) is 7.19. The Morgan fingerprint density at radius 2 is 1.61 bits per heavy atom. The third-order valence-electron chi connectivity index (χ3n) is 7.41. The second-order valence-corrected chi connectivity index (χ2v) is 13.5. The van der Waals surface area contributed by atoms with Gasteiger partial charge in [0.05, 0.1) is 0 Å². The molecule has 176 valence electrons. The van der Waals surface area contributed by atoms with Crippen LogP contribution in [0.25, 0.3) is 0 Å². The standard InChI is InChI=1S/C24H35F5OSi/c1-2-3-4-13-31(29)14-11-20(12-15-31)18-5-7-19(8-6-18)21-9-10-23(22(25)16-21)30-17-24(26,27)28/h9-10,16,18-20H,2-8,11-15,17H2,1H3. The minimum Gasteiger partial charge on any atom is -0.481 e. The summed E-state index contributed by atoms with van der Waals surface area (Å²) in [6.45, 7) is 0.668. The average molecular weight is 463 g/mol. The van der Waals surface area contributed by atoms with Crippen molar-refractivity contribution in [3.05, 3.63) is 29.6 Å². The number of benzene rings is 1. The molecule has 3 rings (SSSR count). The Kier molecular flexibility index (Phi) is 8.44. The molecule has 0 radical (unpaired) electrons. The fraction of sp³-hybridized carbons (Fsp3) is 0.750. The van der Waals surface area contributed by atoms with Gasteiger partial charge in [0.2, 0.25) is 8.41 Å². The van der Waals surface area contributed by atoms with Crippen LogP contribution in [0.4, 0.5) is 21.7 Å². The number of alkyl halides is 3. The fourth-order valence-corrected chi connectivity index (χ4v) is 8.95. The van der Waals surface area contributed by atoms with E-state index in [1.807, 2.05) is 0 Å². The summed E-state index contributed by atoms with van der Waals surface area (Å²) in [7, 11) is -2.50. The molecule has 1 heterocycles. The molecule has 0 aromatic heterocycles. The number of halogens is 5. The van der Waals surface area contributed by atoms with Crippen LogP contribution in [-0.2, 0) is 0 Å². The maximum Gasteiger partial charge on any atom is 0.422 e. The van der Waals surface area contributed by atoms with Crippen LogP contribution < -0.4 is 4.74 Å². The van der Waals surface area contributed by atoms with Crippen molar-refractivity contribution in [1.82, 2.24) is 0 Å². The van der Waals surface area contributed by atoms with E-state index in [0.717, 1.165) is 81.5 Å². The predicted octanol–water partition coefficient (Wildman–Crippen LogP) is 8.56. The maximum absolute atomic E-state index is 15.1. The molecule has 1 aliphatic carbocycles. The Balaban J connectivity index is 1.46. The van der Waals surface area contributed by atoms with Crippen molar-refractivity contribution in [3.63, 3.8) is 0 Å². The van der Waals surface area contributed by atoms with Gasteiger partial charge in [-0.05, 0) is 79.3 Å². The van der Waals surface area contributed by atoms with Crippen LogP contribution in [0.3, 0.4) is 0 Å². The molecule has 0 atom stereocenters. The molecule has 1 aliphatic heterocycles. The zero-order valence-corrected chi connectivity index (χ0v) is 19.5. The molecule has 1 aromatic rings. The molecule has 7 heteroatoms. The van der Waals surface area contributed by atoms with Crippen LogP contribution >= 0.6 is 0 Å². The average Bonchev–Trinajstić information content (AvgIpc) is 2.73. The number of hydrogen-bond donors (Lipinski definition) is 0. The first-order valence-electron chi connectivity index (χ1n) is 11.9. The first kappa shape index (κ1) is 24.5. The molecule has 0 bridgehead atoms. The summed E-state index contributed by atoms with van der Waals surface area (Å²) >= 11 is 0. The lowest BCUT2D eigenvalue weighted by molar-refractivity contribution is -0.153. The highest BCUT2D eigenvalue weighted by atomic mass is 28.4. The SMILES string of the molecule is CCCCC[Si]1(F)CCC(C2CCC(c3ccc(OCC(F)(F)F)c(F)c3)CC2)CC1. The number of hydrogen-bond acceptors (Lipinski definition) is 1. The number of unbranched alkanes of at least 4 members (excludes halogenated alkanes) is 2. The van der Waals surface area contributed by atoms with E-state index in [0.29, 0.717) is 11.8 Å². The second-order valence-electron chi connectivity index (χ2n) is 9.65. The summed E-state index contributed by atoms with van der Waals surface area (Å²) in [6.07, 6.45) is 4.96. The Morgan fingerprint density at radius 1 is 0.968 bits per heavy atom. The molecule has 0 spiro atoms. The molecule has 0 unspecified atom stereocenters. The van der Waals surface area contributed by atoms with Crippen LogP contribution in [0, 0.1) is 17.7 Å². The highest BCUT2D eigenvalue weighted by Crippen LogP contribution is 2.46. The number of ether oxygens (including phenoxy) is 1. The van der Waals surface area contributed by atoms with Gasteiger partial charge in [0.1, 0.15) is 0 Å². The van der Waals surface area contributed by atoms with Crippen molar-refractivity contribution in [3.8, 4) is 5.75 Å². The van der Waals surface area contributed by atoms with Gasteiger partial charge in [0.25, 0.3) is 0 Å². The van der Waals surface area contributed by atoms with Crippen LogP contribution in [0.15, 0.2) is 18.2 Å². The quantitative estimate of drug-likeness (QED) is 0.163. The Labute approximate surface area is 183 Å². The van der Waals surface area contributed by atoms with Gasteiger partial charge in [0.15, 0.2) is 18.2 Å². The van der Waals surface area contributed by atoms with E-state index in [4.69, 9.17) is 0 Å². The van der Waals surface area contributed by atoms with E-state index in [1.165, 1.54) is 12.1 Å². The van der Waals surface area contributed by atoms with Gasteiger partial charge < -0.3 is 8.84 Å². The molecule has 1 saturated heterocycles. The fourth-order valence-electron chi connectivity index (χ4n) is 5.54. The van der Waals surface area contributed by atoms with Crippen molar-refractivity contribution in [2.24, 2.45) is 11.8 Å².